The Kier molecular flexibility index (Phi) is 3.50. The Bertz CT molecular complexity index is 262. The van der Waals surface area contributed by atoms with Crippen molar-refractivity contribution in [3.05, 3.63) is 0 Å². The molecule has 0 aromatic carbocycles. The van der Waals surface area contributed by atoms with E-state index in [1.807, 2.05) is 0 Å². The molecular weight excluding hydrogens is 204 g/mol. The third kappa shape index (κ3) is 1.96. The van der Waals surface area contributed by atoms with E-state index in [0.29, 0.717) is 0 Å². The maximum absolute atomic E-state index is 11.6. The lowest BCUT2D eigenvalue weighted by Crippen LogP contribution is -2.67. The summed E-state index contributed by atoms with van der Waals surface area (Å²) in [6.45, 7) is 1.87. The van der Waals surface area contributed by atoms with Crippen molar-refractivity contribution in [2.24, 2.45) is 0 Å². The van der Waals surface area contributed by atoms with Gasteiger partial charge in [0.1, 0.15) is 5.54 Å². The number of hydrogen-bond acceptors (Lipinski definition) is 3. The van der Waals surface area contributed by atoms with Crippen LogP contribution in [0.3, 0.4) is 0 Å². The fourth-order valence-electron chi connectivity index (χ4n) is 3.24. The average Bonchev–Trinajstić information content (AvgIpc) is 2.30. The third-order valence-electron chi connectivity index (χ3n) is 4.16. The molecule has 0 saturated carbocycles. The van der Waals surface area contributed by atoms with E-state index in [-0.39, 0.29) is 6.04 Å². The molecule has 4 nitrogen and oxygen atoms in total. The highest BCUT2D eigenvalue weighted by molar-refractivity contribution is 5.80. The number of carboxylic acids is 1. The van der Waals surface area contributed by atoms with Crippen molar-refractivity contribution in [1.82, 2.24) is 10.2 Å². The van der Waals surface area contributed by atoms with Gasteiger partial charge in [0.15, 0.2) is 0 Å². The molecular formula is C12H22N2O2. The second-order valence-corrected chi connectivity index (χ2v) is 5.15. The maximum Gasteiger partial charge on any atom is 0.325 e. The summed E-state index contributed by atoms with van der Waals surface area (Å²) in [6, 6.07) is 0.166. The van der Waals surface area contributed by atoms with Crippen molar-refractivity contribution >= 4 is 5.97 Å². The summed E-state index contributed by atoms with van der Waals surface area (Å²) >= 11 is 0. The summed E-state index contributed by atoms with van der Waals surface area (Å²) in [5, 5.41) is 12.9. The van der Waals surface area contributed by atoms with Crippen molar-refractivity contribution in [2.75, 3.05) is 20.1 Å². The number of carboxylic acid groups (broad SMARTS) is 1. The second kappa shape index (κ2) is 4.72. The second-order valence-electron chi connectivity index (χ2n) is 5.15. The van der Waals surface area contributed by atoms with Crippen LogP contribution < -0.4 is 5.32 Å². The summed E-state index contributed by atoms with van der Waals surface area (Å²) in [7, 11) is 2.06. The number of aliphatic carboxylic acids is 1. The van der Waals surface area contributed by atoms with E-state index < -0.39 is 11.5 Å². The number of piperidine rings is 2. The van der Waals surface area contributed by atoms with Gasteiger partial charge in [-0.05, 0) is 52.2 Å². The van der Waals surface area contributed by atoms with E-state index >= 15 is 0 Å². The van der Waals surface area contributed by atoms with Crippen LogP contribution in [-0.4, -0.2) is 47.7 Å². The Morgan fingerprint density at radius 1 is 1.38 bits per heavy atom. The Morgan fingerprint density at radius 3 is 2.75 bits per heavy atom. The van der Waals surface area contributed by atoms with E-state index in [2.05, 4.69) is 17.3 Å². The molecule has 0 aliphatic carbocycles. The summed E-state index contributed by atoms with van der Waals surface area (Å²) in [6.07, 6.45) is 6.27. The van der Waals surface area contributed by atoms with Gasteiger partial charge in [0.05, 0.1) is 0 Å². The minimum atomic E-state index is -0.687. The molecule has 16 heavy (non-hydrogen) atoms. The molecule has 2 heterocycles. The summed E-state index contributed by atoms with van der Waals surface area (Å²) in [5.41, 5.74) is -0.687. The molecule has 2 fully saturated rings. The standard InChI is InChI=1S/C12H22N2O2/c1-14-9-5-2-6-10(14)12(11(15)16)7-3-4-8-13-12/h10,13H,2-9H2,1H3,(H,15,16). The molecule has 2 rings (SSSR count). The van der Waals surface area contributed by atoms with Gasteiger partial charge in [-0.25, -0.2) is 0 Å². The molecule has 0 aromatic rings. The Hall–Kier alpha value is -0.610. The van der Waals surface area contributed by atoms with Crippen LogP contribution in [0.2, 0.25) is 0 Å². The number of likely N-dealkylation sites (tertiary alicyclic amines) is 1. The lowest BCUT2D eigenvalue weighted by Gasteiger charge is -2.46. The maximum atomic E-state index is 11.6. The predicted octanol–water partition coefficient (Wildman–Crippen LogP) is 1.07. The molecule has 2 atom stereocenters. The van der Waals surface area contributed by atoms with Crippen LogP contribution in [0.4, 0.5) is 0 Å². The van der Waals surface area contributed by atoms with Crippen LogP contribution in [0, 0.1) is 0 Å². The molecule has 0 radical (unpaired) electrons. The molecule has 0 bridgehead atoms. The largest absolute Gasteiger partial charge is 0.480 e. The van der Waals surface area contributed by atoms with Crippen LogP contribution in [0.15, 0.2) is 0 Å². The zero-order chi connectivity index (χ0) is 11.6. The smallest absolute Gasteiger partial charge is 0.325 e. The number of nitrogens with one attached hydrogen (secondary N) is 1. The zero-order valence-electron chi connectivity index (χ0n) is 10.0. The number of hydrogen-bond donors (Lipinski definition) is 2. The third-order valence-corrected chi connectivity index (χ3v) is 4.16. The van der Waals surface area contributed by atoms with E-state index in [4.69, 9.17) is 0 Å². The van der Waals surface area contributed by atoms with E-state index in [0.717, 1.165) is 45.2 Å². The lowest BCUT2D eigenvalue weighted by molar-refractivity contribution is -0.150. The van der Waals surface area contributed by atoms with Gasteiger partial charge in [-0.2, -0.15) is 0 Å². The van der Waals surface area contributed by atoms with Gasteiger partial charge >= 0.3 is 5.97 Å². The molecule has 0 aromatic heterocycles. The Balaban J connectivity index is 2.19. The van der Waals surface area contributed by atoms with Crippen molar-refractivity contribution in [1.29, 1.82) is 0 Å². The van der Waals surface area contributed by atoms with Gasteiger partial charge in [0.2, 0.25) is 0 Å². The highest BCUT2D eigenvalue weighted by Gasteiger charge is 2.48. The first-order valence-electron chi connectivity index (χ1n) is 6.35. The van der Waals surface area contributed by atoms with Crippen LogP contribution in [0.25, 0.3) is 0 Å². The number of nitrogens with zero attached hydrogens (tertiary/aromatic N) is 1. The van der Waals surface area contributed by atoms with E-state index in [9.17, 15) is 9.90 Å². The van der Waals surface area contributed by atoms with Crippen LogP contribution >= 0.6 is 0 Å². The quantitative estimate of drug-likeness (QED) is 0.739. The molecule has 2 unspecified atom stereocenters. The van der Waals surface area contributed by atoms with E-state index in [1.165, 1.54) is 6.42 Å². The number of carbonyl (C=O) groups is 1. The van der Waals surface area contributed by atoms with Gasteiger partial charge in [-0.15, -0.1) is 0 Å². The van der Waals surface area contributed by atoms with Crippen LogP contribution in [0.5, 0.6) is 0 Å². The highest BCUT2D eigenvalue weighted by atomic mass is 16.4. The summed E-state index contributed by atoms with van der Waals surface area (Å²) < 4.78 is 0. The molecule has 0 amide bonds. The minimum absolute atomic E-state index is 0.166. The molecule has 4 heteroatoms. The Morgan fingerprint density at radius 2 is 2.19 bits per heavy atom. The topological polar surface area (TPSA) is 52.6 Å². The van der Waals surface area contributed by atoms with Gasteiger partial charge in [-0.1, -0.05) is 6.42 Å². The first-order valence-corrected chi connectivity index (χ1v) is 6.35. The van der Waals surface area contributed by atoms with Crippen molar-refractivity contribution in [2.45, 2.75) is 50.1 Å². The normalized spacial score (nSPS) is 37.2. The summed E-state index contributed by atoms with van der Waals surface area (Å²) in [5.74, 6) is -0.661. The molecule has 2 aliphatic heterocycles. The molecule has 92 valence electrons. The number of rotatable bonds is 2. The monoisotopic (exact) mass is 226 g/mol. The predicted molar refractivity (Wildman–Crippen MR) is 62.5 cm³/mol. The number of likely N-dealkylation sites (N-methyl/N-ethyl adjacent to an activating group) is 1. The fourth-order valence-corrected chi connectivity index (χ4v) is 3.24. The highest BCUT2D eigenvalue weighted by Crippen LogP contribution is 2.31. The van der Waals surface area contributed by atoms with Gasteiger partial charge in [0, 0.05) is 6.04 Å². The molecule has 2 aliphatic rings. The molecule has 2 saturated heterocycles. The fraction of sp³-hybridized carbons (Fsp3) is 0.917. The van der Waals surface area contributed by atoms with Gasteiger partial charge < -0.3 is 15.3 Å². The molecule has 2 N–H and O–H groups in total. The average molecular weight is 226 g/mol. The Labute approximate surface area is 97.0 Å². The van der Waals surface area contributed by atoms with Crippen molar-refractivity contribution < 1.29 is 9.90 Å². The SMILES string of the molecule is CN1CCCCC1C1(C(=O)O)CCCCN1. The van der Waals surface area contributed by atoms with E-state index in [1.54, 1.807) is 0 Å². The molecule has 0 spiro atoms. The van der Waals surface area contributed by atoms with Crippen molar-refractivity contribution in [3.63, 3.8) is 0 Å². The van der Waals surface area contributed by atoms with Crippen LogP contribution in [-0.2, 0) is 4.79 Å². The summed E-state index contributed by atoms with van der Waals surface area (Å²) in [4.78, 5) is 13.9. The van der Waals surface area contributed by atoms with Gasteiger partial charge in [-0.3, -0.25) is 4.79 Å². The minimum Gasteiger partial charge on any atom is -0.480 e. The van der Waals surface area contributed by atoms with Crippen LogP contribution in [0.1, 0.15) is 38.5 Å². The van der Waals surface area contributed by atoms with Gasteiger partial charge in [0.25, 0.3) is 0 Å². The zero-order valence-corrected chi connectivity index (χ0v) is 10.0. The lowest BCUT2D eigenvalue weighted by atomic mass is 9.78. The first-order chi connectivity index (χ1) is 7.67. The van der Waals surface area contributed by atoms with Crippen molar-refractivity contribution in [3.8, 4) is 0 Å². The first kappa shape index (κ1) is 11.9.